The summed E-state index contributed by atoms with van der Waals surface area (Å²) in [7, 11) is 1.95. The van der Waals surface area contributed by atoms with Crippen molar-refractivity contribution in [2.45, 2.75) is 32.7 Å². The molecular weight excluding hydrogens is 300 g/mol. The number of aromatic nitrogens is 2. The van der Waals surface area contributed by atoms with Crippen molar-refractivity contribution in [1.29, 1.82) is 5.26 Å². The molecule has 1 aliphatic heterocycles. The Morgan fingerprint density at radius 2 is 2.08 bits per heavy atom. The average Bonchev–Trinajstić information content (AvgIpc) is 2.86. The van der Waals surface area contributed by atoms with Crippen LogP contribution in [0.1, 0.15) is 35.4 Å². The van der Waals surface area contributed by atoms with Gasteiger partial charge in [-0.05, 0) is 62.4 Å². The largest absolute Gasteiger partial charge is 0.340 e. The van der Waals surface area contributed by atoms with Crippen LogP contribution in [0.25, 0.3) is 0 Å². The summed E-state index contributed by atoms with van der Waals surface area (Å²) in [5, 5.41) is 9.15. The molecule has 1 aliphatic rings. The summed E-state index contributed by atoms with van der Waals surface area (Å²) in [6, 6.07) is 7.81. The minimum Gasteiger partial charge on any atom is -0.340 e. The van der Waals surface area contributed by atoms with Crippen LogP contribution >= 0.6 is 0 Å². The van der Waals surface area contributed by atoms with Gasteiger partial charge >= 0.3 is 0 Å². The summed E-state index contributed by atoms with van der Waals surface area (Å²) in [5.41, 5.74) is 4.35. The summed E-state index contributed by atoms with van der Waals surface area (Å²) >= 11 is 0. The second-order valence-electron chi connectivity index (χ2n) is 6.80. The highest BCUT2D eigenvalue weighted by Crippen LogP contribution is 2.24. The summed E-state index contributed by atoms with van der Waals surface area (Å²) in [5.74, 6) is 0.679. The zero-order valence-corrected chi connectivity index (χ0v) is 14.4. The summed E-state index contributed by atoms with van der Waals surface area (Å²) in [4.78, 5) is 16.4. The van der Waals surface area contributed by atoms with Gasteiger partial charge in [0.25, 0.3) is 0 Å². The monoisotopic (exact) mass is 324 g/mol. The van der Waals surface area contributed by atoms with Crippen LogP contribution < -0.4 is 5.56 Å². The Morgan fingerprint density at radius 3 is 2.67 bits per heavy atom. The molecule has 0 spiro atoms. The van der Waals surface area contributed by atoms with Crippen molar-refractivity contribution in [3.8, 4) is 6.07 Å². The number of pyridine rings is 1. The average molecular weight is 324 g/mol. The van der Waals surface area contributed by atoms with E-state index < -0.39 is 0 Å². The van der Waals surface area contributed by atoms with E-state index in [1.54, 1.807) is 6.07 Å². The van der Waals surface area contributed by atoms with Crippen molar-refractivity contribution in [3.63, 3.8) is 0 Å². The van der Waals surface area contributed by atoms with E-state index in [0.717, 1.165) is 31.7 Å². The highest BCUT2D eigenvalue weighted by atomic mass is 16.1. The van der Waals surface area contributed by atoms with Gasteiger partial charge in [0.1, 0.15) is 11.8 Å². The Kier molecular flexibility index (Phi) is 4.86. The van der Waals surface area contributed by atoms with E-state index in [9.17, 15) is 4.79 Å². The summed E-state index contributed by atoms with van der Waals surface area (Å²) < 4.78 is 1.97. The number of H-pyrrole nitrogens is 1. The van der Waals surface area contributed by atoms with E-state index in [0.29, 0.717) is 5.92 Å². The molecular formula is C19H24N4O. The first-order valence-electron chi connectivity index (χ1n) is 8.52. The van der Waals surface area contributed by atoms with E-state index in [-0.39, 0.29) is 5.56 Å². The molecule has 0 radical (unpaired) electrons. The van der Waals surface area contributed by atoms with Crippen molar-refractivity contribution < 1.29 is 0 Å². The Bertz CT molecular complexity index is 783. The second kappa shape index (κ2) is 7.06. The molecule has 0 aliphatic carbocycles. The van der Waals surface area contributed by atoms with E-state index in [1.807, 2.05) is 29.9 Å². The predicted octanol–water partition coefficient (Wildman–Crippen LogP) is 2.35. The zero-order valence-electron chi connectivity index (χ0n) is 14.4. The number of nitriles is 1. The fourth-order valence-electron chi connectivity index (χ4n) is 3.52. The van der Waals surface area contributed by atoms with Crippen LogP contribution in [0.5, 0.6) is 0 Å². The molecule has 0 saturated carbocycles. The number of rotatable bonds is 4. The van der Waals surface area contributed by atoms with E-state index >= 15 is 0 Å². The number of hydrogen-bond donors (Lipinski definition) is 1. The number of nitrogens with one attached hydrogen (secondary N) is 1. The van der Waals surface area contributed by atoms with Gasteiger partial charge in [-0.25, -0.2) is 0 Å². The normalized spacial score (nSPS) is 16.2. The third kappa shape index (κ3) is 3.60. The molecule has 126 valence electrons. The van der Waals surface area contributed by atoms with Crippen LogP contribution in [0.2, 0.25) is 0 Å². The van der Waals surface area contributed by atoms with Crippen LogP contribution in [-0.4, -0.2) is 27.5 Å². The molecule has 3 heterocycles. The van der Waals surface area contributed by atoms with Crippen LogP contribution in [0.4, 0.5) is 0 Å². The topological polar surface area (TPSA) is 64.8 Å². The molecule has 0 aromatic carbocycles. The van der Waals surface area contributed by atoms with Gasteiger partial charge in [0, 0.05) is 31.5 Å². The molecule has 2 aromatic rings. The summed E-state index contributed by atoms with van der Waals surface area (Å²) in [6.45, 7) is 5.18. The first-order chi connectivity index (χ1) is 11.6. The fourth-order valence-corrected chi connectivity index (χ4v) is 3.52. The molecule has 0 atom stereocenters. The van der Waals surface area contributed by atoms with Crippen molar-refractivity contribution >= 4 is 0 Å². The molecule has 0 unspecified atom stereocenters. The first-order valence-corrected chi connectivity index (χ1v) is 8.52. The van der Waals surface area contributed by atoms with Gasteiger partial charge in [-0.15, -0.1) is 0 Å². The van der Waals surface area contributed by atoms with Gasteiger partial charge < -0.3 is 9.55 Å². The van der Waals surface area contributed by atoms with Gasteiger partial charge in [-0.1, -0.05) is 6.07 Å². The van der Waals surface area contributed by atoms with Gasteiger partial charge in [0.05, 0.1) is 0 Å². The lowest BCUT2D eigenvalue weighted by molar-refractivity contribution is 0.176. The van der Waals surface area contributed by atoms with E-state index in [2.05, 4.69) is 22.9 Å². The van der Waals surface area contributed by atoms with Gasteiger partial charge in [0.2, 0.25) is 5.56 Å². The highest BCUT2D eigenvalue weighted by Gasteiger charge is 2.21. The minimum atomic E-state index is -0.0384. The fraction of sp³-hybridized carbons (Fsp3) is 0.474. The summed E-state index contributed by atoms with van der Waals surface area (Å²) in [6.07, 6.45) is 5.23. The number of hydrogen-bond acceptors (Lipinski definition) is 3. The molecule has 0 amide bonds. The second-order valence-corrected chi connectivity index (χ2v) is 6.80. The lowest BCUT2D eigenvalue weighted by Crippen LogP contribution is -2.34. The SMILES string of the molecule is Cc1c(CN2CCC(Cc3ccc(=O)[nH]c3)CC2)cc(C#N)n1C. The Hall–Kier alpha value is -2.32. The smallest absolute Gasteiger partial charge is 0.247 e. The third-order valence-electron chi connectivity index (χ3n) is 5.23. The molecule has 5 nitrogen and oxygen atoms in total. The van der Waals surface area contributed by atoms with Gasteiger partial charge in [-0.3, -0.25) is 9.69 Å². The maximum Gasteiger partial charge on any atom is 0.247 e. The predicted molar refractivity (Wildman–Crippen MR) is 93.6 cm³/mol. The quantitative estimate of drug-likeness (QED) is 0.939. The van der Waals surface area contributed by atoms with Crippen LogP contribution in [0.3, 0.4) is 0 Å². The maximum atomic E-state index is 11.1. The van der Waals surface area contributed by atoms with Gasteiger partial charge in [-0.2, -0.15) is 5.26 Å². The number of nitrogens with zero attached hydrogens (tertiary/aromatic N) is 3. The molecule has 24 heavy (non-hydrogen) atoms. The Labute approximate surface area is 142 Å². The van der Waals surface area contributed by atoms with Gasteiger partial charge in [0.15, 0.2) is 0 Å². The third-order valence-corrected chi connectivity index (χ3v) is 5.23. The molecule has 1 saturated heterocycles. The molecule has 1 fully saturated rings. The Balaban J connectivity index is 1.55. The minimum absolute atomic E-state index is 0.0384. The van der Waals surface area contributed by atoms with Crippen molar-refractivity contribution in [2.24, 2.45) is 13.0 Å². The lowest BCUT2D eigenvalue weighted by atomic mass is 9.90. The zero-order chi connectivity index (χ0) is 17.1. The van der Waals surface area contributed by atoms with Crippen molar-refractivity contribution in [1.82, 2.24) is 14.5 Å². The first kappa shape index (κ1) is 16.5. The van der Waals surface area contributed by atoms with Crippen molar-refractivity contribution in [2.75, 3.05) is 13.1 Å². The maximum absolute atomic E-state index is 11.1. The number of aromatic amines is 1. The number of piperidine rings is 1. The lowest BCUT2D eigenvalue weighted by Gasteiger charge is -2.32. The van der Waals surface area contributed by atoms with Crippen LogP contribution in [-0.2, 0) is 20.0 Å². The highest BCUT2D eigenvalue weighted by molar-refractivity contribution is 5.34. The van der Waals surface area contributed by atoms with Crippen LogP contribution in [0, 0.1) is 24.2 Å². The standard InChI is InChI=1S/C19H24N4O/c1-14-17(10-18(11-20)22(14)2)13-23-7-5-15(6-8-23)9-16-3-4-19(24)21-12-16/h3-4,10,12,15H,5-9,13H2,1-2H3,(H,21,24). The molecule has 1 N–H and O–H groups in total. The van der Waals surface area contributed by atoms with E-state index in [1.165, 1.54) is 29.7 Å². The molecule has 5 heteroatoms. The van der Waals surface area contributed by atoms with E-state index in [4.69, 9.17) is 5.26 Å². The Morgan fingerprint density at radius 1 is 1.33 bits per heavy atom. The molecule has 0 bridgehead atoms. The van der Waals surface area contributed by atoms with Crippen LogP contribution in [0.15, 0.2) is 29.2 Å². The molecule has 3 rings (SSSR count). The van der Waals surface area contributed by atoms with Crippen molar-refractivity contribution in [3.05, 3.63) is 57.3 Å². The number of likely N-dealkylation sites (tertiary alicyclic amines) is 1. The molecule has 2 aromatic heterocycles.